The molecule has 0 radical (unpaired) electrons. The van der Waals surface area contributed by atoms with Crippen LogP contribution in [0.4, 0.5) is 8.78 Å². The molecule has 3 nitrogen and oxygen atoms in total. The number of benzene rings is 2. The van der Waals surface area contributed by atoms with E-state index in [-0.39, 0.29) is 11.5 Å². The molecule has 0 spiro atoms. The molecule has 1 aromatic heterocycles. The van der Waals surface area contributed by atoms with Gasteiger partial charge < -0.3 is 4.74 Å². The molecule has 1 N–H and O–H groups in total. The predicted molar refractivity (Wildman–Crippen MR) is 70.2 cm³/mol. The van der Waals surface area contributed by atoms with Crippen LogP contribution in [-0.2, 0) is 0 Å². The first kappa shape index (κ1) is 12.1. The number of hydrogen-bond donors (Lipinski definition) is 1. The van der Waals surface area contributed by atoms with Crippen LogP contribution in [0.2, 0.25) is 0 Å². The van der Waals surface area contributed by atoms with Crippen molar-refractivity contribution in [3.05, 3.63) is 52.6 Å². The van der Waals surface area contributed by atoms with Crippen LogP contribution in [0.5, 0.6) is 11.5 Å². The van der Waals surface area contributed by atoms with E-state index >= 15 is 0 Å². The molecular weight excluding hydrogens is 318 g/mol. The van der Waals surface area contributed by atoms with Gasteiger partial charge in [-0.05, 0) is 24.3 Å². The Bertz CT molecular complexity index is 757. The van der Waals surface area contributed by atoms with Crippen LogP contribution < -0.4 is 4.74 Å². The highest BCUT2D eigenvalue weighted by molar-refractivity contribution is 9.10. The molecule has 0 unspecified atom stereocenters. The van der Waals surface area contributed by atoms with E-state index in [4.69, 9.17) is 4.74 Å². The van der Waals surface area contributed by atoms with Gasteiger partial charge in [-0.1, -0.05) is 15.9 Å². The minimum Gasteiger partial charge on any atom is -0.451 e. The third-order valence-electron chi connectivity index (χ3n) is 2.61. The molecule has 19 heavy (non-hydrogen) atoms. The Labute approximate surface area is 115 Å². The number of nitrogens with zero attached hydrogens (tertiary/aromatic N) is 1. The predicted octanol–water partition coefficient (Wildman–Crippen LogP) is 4.40. The zero-order valence-corrected chi connectivity index (χ0v) is 11.0. The lowest BCUT2D eigenvalue weighted by Crippen LogP contribution is -1.91. The van der Waals surface area contributed by atoms with Gasteiger partial charge in [0.05, 0.1) is 11.7 Å². The number of rotatable bonds is 2. The van der Waals surface area contributed by atoms with E-state index in [9.17, 15) is 8.78 Å². The highest BCUT2D eigenvalue weighted by Gasteiger charge is 2.11. The quantitative estimate of drug-likeness (QED) is 0.758. The lowest BCUT2D eigenvalue weighted by Gasteiger charge is -2.08. The van der Waals surface area contributed by atoms with E-state index in [0.717, 1.165) is 0 Å². The van der Waals surface area contributed by atoms with Crippen molar-refractivity contribution in [3.63, 3.8) is 0 Å². The van der Waals surface area contributed by atoms with E-state index < -0.39 is 11.6 Å². The molecule has 0 fully saturated rings. The number of aromatic amines is 1. The summed E-state index contributed by atoms with van der Waals surface area (Å²) >= 11 is 3.14. The molecule has 0 saturated carbocycles. The SMILES string of the molecule is Fc1cc(Br)ccc1Oc1cc2cn[nH]c2cc1F. The Hall–Kier alpha value is -1.95. The molecular formula is C13H7BrF2N2O. The molecule has 0 amide bonds. The monoisotopic (exact) mass is 324 g/mol. The van der Waals surface area contributed by atoms with Gasteiger partial charge in [-0.2, -0.15) is 5.10 Å². The first-order valence-electron chi connectivity index (χ1n) is 5.39. The van der Waals surface area contributed by atoms with Crippen LogP contribution in [0.15, 0.2) is 41.0 Å². The summed E-state index contributed by atoms with van der Waals surface area (Å²) in [4.78, 5) is 0. The van der Waals surface area contributed by atoms with Gasteiger partial charge in [0.15, 0.2) is 23.1 Å². The maximum Gasteiger partial charge on any atom is 0.167 e. The van der Waals surface area contributed by atoms with Crippen molar-refractivity contribution in [3.8, 4) is 11.5 Å². The summed E-state index contributed by atoms with van der Waals surface area (Å²) in [5.41, 5.74) is 0.557. The van der Waals surface area contributed by atoms with Gasteiger partial charge in [-0.3, -0.25) is 5.10 Å². The van der Waals surface area contributed by atoms with Gasteiger partial charge in [0.25, 0.3) is 0 Å². The fourth-order valence-electron chi connectivity index (χ4n) is 1.70. The number of aromatic nitrogens is 2. The summed E-state index contributed by atoms with van der Waals surface area (Å²) in [6.07, 6.45) is 1.54. The molecule has 1 heterocycles. The van der Waals surface area contributed by atoms with Gasteiger partial charge in [-0.15, -0.1) is 0 Å². The molecule has 2 aromatic carbocycles. The molecule has 0 atom stereocenters. The number of halogens is 3. The Morgan fingerprint density at radius 3 is 2.63 bits per heavy atom. The van der Waals surface area contributed by atoms with E-state index in [1.165, 1.54) is 24.3 Å². The van der Waals surface area contributed by atoms with Crippen molar-refractivity contribution >= 4 is 26.8 Å². The average Bonchev–Trinajstić information content (AvgIpc) is 2.80. The van der Waals surface area contributed by atoms with Gasteiger partial charge in [0.2, 0.25) is 0 Å². The summed E-state index contributed by atoms with van der Waals surface area (Å²) < 4.78 is 33.3. The maximum absolute atomic E-state index is 13.8. The molecule has 3 rings (SSSR count). The minimum atomic E-state index is -0.584. The zero-order valence-electron chi connectivity index (χ0n) is 9.45. The molecule has 96 valence electrons. The Balaban J connectivity index is 2.02. The van der Waals surface area contributed by atoms with Crippen molar-refractivity contribution < 1.29 is 13.5 Å². The van der Waals surface area contributed by atoms with Gasteiger partial charge in [-0.25, -0.2) is 8.78 Å². The van der Waals surface area contributed by atoms with Crippen molar-refractivity contribution in [1.29, 1.82) is 0 Å². The summed E-state index contributed by atoms with van der Waals surface area (Å²) in [7, 11) is 0. The number of H-pyrrole nitrogens is 1. The van der Waals surface area contributed by atoms with Crippen molar-refractivity contribution in [2.75, 3.05) is 0 Å². The number of hydrogen-bond acceptors (Lipinski definition) is 2. The fraction of sp³-hybridized carbons (Fsp3) is 0. The van der Waals surface area contributed by atoms with Gasteiger partial charge in [0, 0.05) is 15.9 Å². The molecule has 0 saturated heterocycles. The van der Waals surface area contributed by atoms with E-state index in [2.05, 4.69) is 26.1 Å². The zero-order chi connectivity index (χ0) is 13.4. The lowest BCUT2D eigenvalue weighted by atomic mass is 10.2. The summed E-state index contributed by atoms with van der Waals surface area (Å²) in [5.74, 6) is -1.24. The normalized spacial score (nSPS) is 10.9. The standard InChI is InChI=1S/C13H7BrF2N2O/c14-8-1-2-12(9(15)4-8)19-13-3-7-6-17-18-11(7)5-10(13)16/h1-6H,(H,17,18). The largest absolute Gasteiger partial charge is 0.451 e. The van der Waals surface area contributed by atoms with Crippen molar-refractivity contribution in [1.82, 2.24) is 10.2 Å². The molecule has 3 aromatic rings. The fourth-order valence-corrected chi connectivity index (χ4v) is 2.03. The number of nitrogens with one attached hydrogen (secondary N) is 1. The van der Waals surface area contributed by atoms with Crippen LogP contribution in [0.3, 0.4) is 0 Å². The molecule has 0 aliphatic carbocycles. The topological polar surface area (TPSA) is 37.9 Å². The second kappa shape index (κ2) is 4.62. The highest BCUT2D eigenvalue weighted by Crippen LogP contribution is 2.30. The smallest absolute Gasteiger partial charge is 0.167 e. The first-order valence-corrected chi connectivity index (χ1v) is 6.18. The summed E-state index contributed by atoms with van der Waals surface area (Å²) in [6.45, 7) is 0. The second-order valence-electron chi connectivity index (χ2n) is 3.92. The Morgan fingerprint density at radius 2 is 1.84 bits per heavy atom. The maximum atomic E-state index is 13.8. The summed E-state index contributed by atoms with van der Waals surface area (Å²) in [6, 6.07) is 7.03. The summed E-state index contributed by atoms with van der Waals surface area (Å²) in [5, 5.41) is 7.13. The molecule has 6 heteroatoms. The third-order valence-corrected chi connectivity index (χ3v) is 3.10. The third kappa shape index (κ3) is 2.31. The molecule has 0 aliphatic heterocycles. The number of ether oxygens (including phenoxy) is 1. The second-order valence-corrected chi connectivity index (χ2v) is 4.83. The average molecular weight is 325 g/mol. The Morgan fingerprint density at radius 1 is 1.05 bits per heavy atom. The van der Waals surface area contributed by atoms with Gasteiger partial charge in [0.1, 0.15) is 0 Å². The highest BCUT2D eigenvalue weighted by atomic mass is 79.9. The van der Waals surface area contributed by atoms with Crippen LogP contribution in [0.1, 0.15) is 0 Å². The van der Waals surface area contributed by atoms with Crippen molar-refractivity contribution in [2.24, 2.45) is 0 Å². The molecule has 0 bridgehead atoms. The Kier molecular flexibility index (Phi) is 2.94. The van der Waals surface area contributed by atoms with Crippen LogP contribution in [0.25, 0.3) is 10.9 Å². The van der Waals surface area contributed by atoms with E-state index in [1.54, 1.807) is 12.3 Å². The van der Waals surface area contributed by atoms with E-state index in [0.29, 0.717) is 15.4 Å². The van der Waals surface area contributed by atoms with Gasteiger partial charge >= 0.3 is 0 Å². The molecule has 0 aliphatic rings. The van der Waals surface area contributed by atoms with Crippen molar-refractivity contribution in [2.45, 2.75) is 0 Å². The van der Waals surface area contributed by atoms with Crippen LogP contribution in [-0.4, -0.2) is 10.2 Å². The van der Waals surface area contributed by atoms with Crippen LogP contribution >= 0.6 is 15.9 Å². The van der Waals surface area contributed by atoms with Crippen LogP contribution in [0, 0.1) is 11.6 Å². The first-order chi connectivity index (χ1) is 9.13. The lowest BCUT2D eigenvalue weighted by molar-refractivity contribution is 0.415. The minimum absolute atomic E-state index is 0.0371. The van der Waals surface area contributed by atoms with E-state index in [1.807, 2.05) is 0 Å². The number of fused-ring (bicyclic) bond motifs is 1.